The van der Waals surface area contributed by atoms with Crippen LogP contribution < -0.4 is 5.32 Å². The molecule has 2 aromatic carbocycles. The smallest absolute Gasteiger partial charge is 0.251 e. The first-order valence-corrected chi connectivity index (χ1v) is 6.82. The molecule has 0 saturated heterocycles. The summed E-state index contributed by atoms with van der Waals surface area (Å²) < 4.78 is 0. The van der Waals surface area contributed by atoms with Crippen molar-refractivity contribution in [2.45, 2.75) is 18.9 Å². The number of rotatable bonds is 6. The number of hydrogen-bond donors (Lipinski definition) is 1. The summed E-state index contributed by atoms with van der Waals surface area (Å²) in [5, 5.41) is 3.00. The number of carbonyl (C=O) groups excluding carboxylic acids is 1. The van der Waals surface area contributed by atoms with Crippen LogP contribution >= 0.6 is 0 Å². The average Bonchev–Trinajstić information content (AvgIpc) is 2.53. The van der Waals surface area contributed by atoms with Gasteiger partial charge in [0, 0.05) is 11.6 Å². The summed E-state index contributed by atoms with van der Waals surface area (Å²) >= 11 is 0. The van der Waals surface area contributed by atoms with Crippen molar-refractivity contribution >= 4 is 5.91 Å². The van der Waals surface area contributed by atoms with Crippen LogP contribution in [0.5, 0.6) is 0 Å². The Bertz CT molecular complexity index is 548. The normalized spacial score (nSPS) is 11.6. The fourth-order valence-corrected chi connectivity index (χ4v) is 2.06. The van der Waals surface area contributed by atoms with E-state index in [0.717, 1.165) is 12.8 Å². The van der Waals surface area contributed by atoms with Gasteiger partial charge in [-0.15, -0.1) is 6.58 Å². The summed E-state index contributed by atoms with van der Waals surface area (Å²) in [4.78, 5) is 12.1. The molecule has 0 bridgehead atoms. The monoisotopic (exact) mass is 265 g/mol. The third-order valence-corrected chi connectivity index (χ3v) is 3.22. The largest absolute Gasteiger partial charge is 0.346 e. The Hall–Kier alpha value is -2.35. The van der Waals surface area contributed by atoms with Crippen molar-refractivity contribution in [2.24, 2.45) is 0 Å². The van der Waals surface area contributed by atoms with Crippen molar-refractivity contribution in [2.75, 3.05) is 0 Å². The van der Waals surface area contributed by atoms with E-state index < -0.39 is 0 Å². The van der Waals surface area contributed by atoms with Gasteiger partial charge >= 0.3 is 0 Å². The molecule has 0 heterocycles. The first-order valence-electron chi connectivity index (χ1n) is 6.82. The van der Waals surface area contributed by atoms with Crippen LogP contribution in [0.2, 0.25) is 0 Å². The molecule has 0 spiro atoms. The van der Waals surface area contributed by atoms with Crippen molar-refractivity contribution < 1.29 is 4.79 Å². The van der Waals surface area contributed by atoms with E-state index in [1.807, 2.05) is 48.5 Å². The van der Waals surface area contributed by atoms with Gasteiger partial charge in [0.05, 0.1) is 0 Å². The molecule has 0 aliphatic carbocycles. The number of carbonyl (C=O) groups is 1. The third-order valence-electron chi connectivity index (χ3n) is 3.22. The zero-order valence-electron chi connectivity index (χ0n) is 11.5. The Morgan fingerprint density at radius 1 is 1.05 bits per heavy atom. The maximum Gasteiger partial charge on any atom is 0.251 e. The first-order chi connectivity index (χ1) is 9.79. The number of benzene rings is 2. The van der Waals surface area contributed by atoms with Gasteiger partial charge in [0.2, 0.25) is 0 Å². The summed E-state index contributed by atoms with van der Waals surface area (Å²) in [7, 11) is 0. The molecule has 1 atom stereocenters. The zero-order valence-corrected chi connectivity index (χ0v) is 11.5. The average molecular weight is 265 g/mol. The molecule has 2 rings (SSSR count). The van der Waals surface area contributed by atoms with Crippen LogP contribution in [0.4, 0.5) is 0 Å². The van der Waals surface area contributed by atoms with Gasteiger partial charge in [-0.1, -0.05) is 54.6 Å². The predicted octanol–water partition coefficient (Wildman–Crippen LogP) is 3.60. The van der Waals surface area contributed by atoms with Crippen LogP contribution in [0.15, 0.2) is 73.3 Å². The Kier molecular flexibility index (Phi) is 5.13. The van der Waals surface area contributed by atoms with Crippen LogP contribution in [0.1, 0.15) is 22.3 Å². The van der Waals surface area contributed by atoms with Crippen molar-refractivity contribution in [1.82, 2.24) is 5.32 Å². The summed E-state index contributed by atoms with van der Waals surface area (Å²) in [6.07, 6.45) is 3.57. The molecule has 0 saturated carbocycles. The standard InChI is InChI=1S/C18H19NO/c1-2-17(14-13-15-9-5-3-6-10-15)19-18(20)16-11-7-4-8-12-16/h2-12,17H,1,13-14H2,(H,19,20)/t17-/m1/s1. The summed E-state index contributed by atoms with van der Waals surface area (Å²) in [6, 6.07) is 19.5. The van der Waals surface area contributed by atoms with Crippen LogP contribution in [0, 0.1) is 0 Å². The van der Waals surface area contributed by atoms with Crippen LogP contribution in [-0.4, -0.2) is 11.9 Å². The molecule has 2 aromatic rings. The molecule has 2 nitrogen and oxygen atoms in total. The van der Waals surface area contributed by atoms with Crippen molar-refractivity contribution in [3.8, 4) is 0 Å². The second-order valence-electron chi connectivity index (χ2n) is 4.71. The fraction of sp³-hybridized carbons (Fsp3) is 0.167. The van der Waals surface area contributed by atoms with E-state index in [-0.39, 0.29) is 11.9 Å². The van der Waals surface area contributed by atoms with E-state index in [1.165, 1.54) is 5.56 Å². The molecule has 102 valence electrons. The van der Waals surface area contributed by atoms with Gasteiger partial charge < -0.3 is 5.32 Å². The van der Waals surface area contributed by atoms with E-state index in [4.69, 9.17) is 0 Å². The molecular weight excluding hydrogens is 246 g/mol. The third kappa shape index (κ3) is 4.09. The molecule has 0 radical (unpaired) electrons. The first kappa shape index (κ1) is 14.1. The highest BCUT2D eigenvalue weighted by Crippen LogP contribution is 2.07. The minimum absolute atomic E-state index is 0.0112. The van der Waals surface area contributed by atoms with Gasteiger partial charge in [-0.05, 0) is 30.5 Å². The van der Waals surface area contributed by atoms with Crippen LogP contribution in [0.25, 0.3) is 0 Å². The van der Waals surface area contributed by atoms with Crippen molar-refractivity contribution in [3.05, 3.63) is 84.4 Å². The Balaban J connectivity index is 1.89. The van der Waals surface area contributed by atoms with E-state index in [1.54, 1.807) is 6.08 Å². The van der Waals surface area contributed by atoms with Gasteiger partial charge in [-0.25, -0.2) is 0 Å². The topological polar surface area (TPSA) is 29.1 Å². The van der Waals surface area contributed by atoms with E-state index in [2.05, 4.69) is 24.0 Å². The minimum atomic E-state index is -0.0523. The van der Waals surface area contributed by atoms with Gasteiger partial charge in [0.25, 0.3) is 5.91 Å². The van der Waals surface area contributed by atoms with Gasteiger partial charge in [-0.2, -0.15) is 0 Å². The molecule has 0 unspecified atom stereocenters. The highest BCUT2D eigenvalue weighted by Gasteiger charge is 2.10. The van der Waals surface area contributed by atoms with Gasteiger partial charge in [-0.3, -0.25) is 4.79 Å². The lowest BCUT2D eigenvalue weighted by Crippen LogP contribution is -2.33. The Morgan fingerprint density at radius 3 is 2.25 bits per heavy atom. The molecule has 20 heavy (non-hydrogen) atoms. The van der Waals surface area contributed by atoms with Crippen LogP contribution in [0.3, 0.4) is 0 Å². The fourth-order valence-electron chi connectivity index (χ4n) is 2.06. The molecular formula is C18H19NO. The molecule has 0 aromatic heterocycles. The zero-order chi connectivity index (χ0) is 14.2. The highest BCUT2D eigenvalue weighted by atomic mass is 16.1. The Labute approximate surface area is 120 Å². The van der Waals surface area contributed by atoms with E-state index in [0.29, 0.717) is 5.56 Å². The van der Waals surface area contributed by atoms with Gasteiger partial charge in [0.1, 0.15) is 0 Å². The molecule has 2 heteroatoms. The molecule has 0 fully saturated rings. The lowest BCUT2D eigenvalue weighted by Gasteiger charge is -2.15. The minimum Gasteiger partial charge on any atom is -0.346 e. The van der Waals surface area contributed by atoms with E-state index >= 15 is 0 Å². The summed E-state index contributed by atoms with van der Waals surface area (Å²) in [5.74, 6) is -0.0523. The predicted molar refractivity (Wildman–Crippen MR) is 82.7 cm³/mol. The number of nitrogens with one attached hydrogen (secondary N) is 1. The van der Waals surface area contributed by atoms with Crippen molar-refractivity contribution in [1.29, 1.82) is 0 Å². The SMILES string of the molecule is C=C[C@H](CCc1ccccc1)NC(=O)c1ccccc1. The second kappa shape index (κ2) is 7.29. The lowest BCUT2D eigenvalue weighted by atomic mass is 10.0. The van der Waals surface area contributed by atoms with E-state index in [9.17, 15) is 4.79 Å². The number of amides is 1. The quantitative estimate of drug-likeness (QED) is 0.794. The maximum atomic E-state index is 12.1. The Morgan fingerprint density at radius 2 is 1.65 bits per heavy atom. The number of hydrogen-bond acceptors (Lipinski definition) is 1. The summed E-state index contributed by atoms with van der Waals surface area (Å²) in [6.45, 7) is 3.81. The van der Waals surface area contributed by atoms with Gasteiger partial charge in [0.15, 0.2) is 0 Å². The highest BCUT2D eigenvalue weighted by molar-refractivity contribution is 5.94. The molecule has 1 N–H and O–H groups in total. The van der Waals surface area contributed by atoms with Crippen LogP contribution in [-0.2, 0) is 6.42 Å². The molecule has 1 amide bonds. The lowest BCUT2D eigenvalue weighted by molar-refractivity contribution is 0.0943. The molecule has 0 aliphatic heterocycles. The second-order valence-corrected chi connectivity index (χ2v) is 4.71. The maximum absolute atomic E-state index is 12.1. The molecule has 0 aliphatic rings. The van der Waals surface area contributed by atoms with Crippen molar-refractivity contribution in [3.63, 3.8) is 0 Å². The number of aryl methyl sites for hydroxylation is 1. The summed E-state index contributed by atoms with van der Waals surface area (Å²) in [5.41, 5.74) is 1.95.